The maximum absolute atomic E-state index is 11.4. The molecule has 4 nitrogen and oxygen atoms in total. The summed E-state index contributed by atoms with van der Waals surface area (Å²) in [4.78, 5) is 0. The Morgan fingerprint density at radius 1 is 1.10 bits per heavy atom. The van der Waals surface area contributed by atoms with Gasteiger partial charge in [0.25, 0.3) is 0 Å². The van der Waals surface area contributed by atoms with E-state index in [0.29, 0.717) is 5.75 Å². The highest BCUT2D eigenvalue weighted by Crippen LogP contribution is 2.26. The van der Waals surface area contributed by atoms with Crippen molar-refractivity contribution in [3.63, 3.8) is 0 Å². The molecule has 6 heteroatoms. The molecule has 106 valence electrons. The number of hydrogen-bond donors (Lipinski definition) is 1. The van der Waals surface area contributed by atoms with Crippen molar-refractivity contribution in [1.82, 2.24) is 0 Å². The fraction of sp³-hybridized carbons (Fsp3) is 0.286. The Bertz CT molecular complexity index is 757. The second-order valence-corrected chi connectivity index (χ2v) is 8.02. The van der Waals surface area contributed by atoms with E-state index in [1.807, 2.05) is 30.3 Å². The molecule has 0 aliphatic carbocycles. The highest BCUT2D eigenvalue weighted by Gasteiger charge is 2.38. The highest BCUT2D eigenvalue weighted by molar-refractivity contribution is 9.10. The number of ether oxygens (including phenoxy) is 1. The Kier molecular flexibility index (Phi) is 3.48. The molecule has 2 unspecified atom stereocenters. The maximum atomic E-state index is 11.4. The summed E-state index contributed by atoms with van der Waals surface area (Å²) >= 11 is 3.41. The molecule has 2 aromatic rings. The van der Waals surface area contributed by atoms with Gasteiger partial charge in [-0.2, -0.15) is 0 Å². The minimum Gasteiger partial charge on any atom is -0.487 e. The van der Waals surface area contributed by atoms with E-state index < -0.39 is 22.0 Å². The van der Waals surface area contributed by atoms with Crippen LogP contribution in [0.5, 0.6) is 5.75 Å². The molecule has 0 saturated carbocycles. The minimum absolute atomic E-state index is 0.132. The lowest BCUT2D eigenvalue weighted by Crippen LogP contribution is -2.29. The van der Waals surface area contributed by atoms with Crippen molar-refractivity contribution in [2.24, 2.45) is 0 Å². The first kappa shape index (κ1) is 13.9. The zero-order chi connectivity index (χ0) is 14.3. The zero-order valence-corrected chi connectivity index (χ0v) is 12.9. The van der Waals surface area contributed by atoms with Crippen molar-refractivity contribution in [3.8, 4) is 5.75 Å². The summed E-state index contributed by atoms with van der Waals surface area (Å²) in [6.07, 6.45) is -1.64. The molecule has 0 amide bonds. The summed E-state index contributed by atoms with van der Waals surface area (Å²) in [5.74, 6) is 0.214. The van der Waals surface area contributed by atoms with Crippen molar-refractivity contribution in [2.75, 3.05) is 11.5 Å². The number of halogens is 1. The van der Waals surface area contributed by atoms with Gasteiger partial charge in [0, 0.05) is 4.47 Å². The van der Waals surface area contributed by atoms with Gasteiger partial charge in [-0.15, -0.1) is 0 Å². The Morgan fingerprint density at radius 3 is 2.50 bits per heavy atom. The Labute approximate surface area is 125 Å². The van der Waals surface area contributed by atoms with Crippen LogP contribution in [0, 0.1) is 0 Å². The fourth-order valence-corrected chi connectivity index (χ4v) is 4.39. The van der Waals surface area contributed by atoms with Crippen LogP contribution in [-0.4, -0.2) is 37.2 Å². The summed E-state index contributed by atoms with van der Waals surface area (Å²) < 4.78 is 29.5. The normalized spacial score (nSPS) is 24.9. The van der Waals surface area contributed by atoms with Crippen LogP contribution < -0.4 is 4.74 Å². The fourth-order valence-electron chi connectivity index (χ4n) is 2.35. The zero-order valence-electron chi connectivity index (χ0n) is 10.5. The van der Waals surface area contributed by atoms with Crippen LogP contribution in [0.3, 0.4) is 0 Å². The van der Waals surface area contributed by atoms with Gasteiger partial charge in [0.2, 0.25) is 0 Å². The van der Waals surface area contributed by atoms with Gasteiger partial charge in [-0.25, -0.2) is 8.42 Å². The Morgan fingerprint density at radius 2 is 1.80 bits per heavy atom. The van der Waals surface area contributed by atoms with E-state index in [2.05, 4.69) is 15.9 Å². The average Bonchev–Trinajstić information content (AvgIpc) is 2.62. The predicted molar refractivity (Wildman–Crippen MR) is 80.7 cm³/mol. The lowest BCUT2D eigenvalue weighted by Gasteiger charge is -2.16. The van der Waals surface area contributed by atoms with E-state index in [9.17, 15) is 13.5 Å². The van der Waals surface area contributed by atoms with E-state index in [0.717, 1.165) is 15.2 Å². The molecule has 1 N–H and O–H groups in total. The van der Waals surface area contributed by atoms with Crippen molar-refractivity contribution in [2.45, 2.75) is 12.2 Å². The molecule has 3 rings (SSSR count). The molecule has 1 saturated heterocycles. The standard InChI is InChI=1S/C14H13BrO4S/c15-11-3-1-10-6-12(4-2-9(10)5-11)19-14-8-20(17,18)7-13(14)16/h1-6,13-14,16H,7-8H2. The van der Waals surface area contributed by atoms with Crippen LogP contribution >= 0.6 is 15.9 Å². The number of benzene rings is 2. The van der Waals surface area contributed by atoms with Crippen molar-refractivity contribution >= 4 is 36.5 Å². The summed E-state index contributed by atoms with van der Waals surface area (Å²) in [6, 6.07) is 11.4. The topological polar surface area (TPSA) is 63.6 Å². The molecule has 0 aromatic heterocycles. The number of aliphatic hydroxyl groups is 1. The number of hydrogen-bond acceptors (Lipinski definition) is 4. The number of fused-ring (bicyclic) bond motifs is 1. The number of rotatable bonds is 2. The summed E-state index contributed by atoms with van der Waals surface area (Å²) in [6.45, 7) is 0. The van der Waals surface area contributed by atoms with Crippen LogP contribution in [0.2, 0.25) is 0 Å². The monoisotopic (exact) mass is 356 g/mol. The molecule has 2 atom stereocenters. The van der Waals surface area contributed by atoms with Gasteiger partial charge in [-0.1, -0.05) is 28.1 Å². The number of sulfone groups is 1. The second-order valence-electron chi connectivity index (χ2n) is 4.95. The largest absolute Gasteiger partial charge is 0.487 e. The summed E-state index contributed by atoms with van der Waals surface area (Å²) in [7, 11) is -3.19. The van der Waals surface area contributed by atoms with Gasteiger partial charge >= 0.3 is 0 Å². The van der Waals surface area contributed by atoms with Crippen LogP contribution in [0.15, 0.2) is 40.9 Å². The molecule has 0 bridgehead atoms. The summed E-state index contributed by atoms with van der Waals surface area (Å²) in [5, 5.41) is 11.8. The quantitative estimate of drug-likeness (QED) is 0.895. The van der Waals surface area contributed by atoms with Crippen LogP contribution in [-0.2, 0) is 9.84 Å². The van der Waals surface area contributed by atoms with Crippen molar-refractivity contribution < 1.29 is 18.3 Å². The molecule has 1 heterocycles. The van der Waals surface area contributed by atoms with Crippen molar-refractivity contribution in [1.29, 1.82) is 0 Å². The average molecular weight is 357 g/mol. The third kappa shape index (κ3) is 2.82. The molecule has 20 heavy (non-hydrogen) atoms. The summed E-state index contributed by atoms with van der Waals surface area (Å²) in [5.41, 5.74) is 0. The van der Waals surface area contributed by atoms with Gasteiger partial charge in [0.05, 0.1) is 11.5 Å². The van der Waals surface area contributed by atoms with E-state index in [1.165, 1.54) is 0 Å². The predicted octanol–water partition coefficient (Wildman–Crippen LogP) is 2.14. The lowest BCUT2D eigenvalue weighted by molar-refractivity contribution is 0.0739. The van der Waals surface area contributed by atoms with Crippen LogP contribution in [0.4, 0.5) is 0 Å². The second kappa shape index (κ2) is 5.02. The molecule has 2 aromatic carbocycles. The van der Waals surface area contributed by atoms with Gasteiger partial charge in [0.1, 0.15) is 18.0 Å². The smallest absolute Gasteiger partial charge is 0.156 e. The van der Waals surface area contributed by atoms with Crippen molar-refractivity contribution in [3.05, 3.63) is 40.9 Å². The highest BCUT2D eigenvalue weighted by atomic mass is 79.9. The van der Waals surface area contributed by atoms with Gasteiger partial charge in [-0.3, -0.25) is 0 Å². The first-order chi connectivity index (χ1) is 9.43. The molecule has 0 spiro atoms. The molecule has 1 fully saturated rings. The van der Waals surface area contributed by atoms with E-state index in [1.54, 1.807) is 6.07 Å². The third-order valence-electron chi connectivity index (χ3n) is 3.33. The first-order valence-electron chi connectivity index (χ1n) is 6.17. The Hall–Kier alpha value is -1.11. The van der Waals surface area contributed by atoms with Crippen LogP contribution in [0.25, 0.3) is 10.8 Å². The third-order valence-corrected chi connectivity index (χ3v) is 5.51. The molecule has 1 aliphatic heterocycles. The minimum atomic E-state index is -3.19. The van der Waals surface area contributed by atoms with Gasteiger partial charge < -0.3 is 9.84 Å². The van der Waals surface area contributed by atoms with Gasteiger partial charge in [0.15, 0.2) is 9.84 Å². The first-order valence-corrected chi connectivity index (χ1v) is 8.79. The van der Waals surface area contributed by atoms with E-state index >= 15 is 0 Å². The molecular weight excluding hydrogens is 344 g/mol. The maximum Gasteiger partial charge on any atom is 0.156 e. The van der Waals surface area contributed by atoms with Crippen LogP contribution in [0.1, 0.15) is 0 Å². The molecular formula is C14H13BrO4S. The SMILES string of the molecule is O=S1(=O)CC(O)C(Oc2ccc3cc(Br)ccc3c2)C1. The lowest BCUT2D eigenvalue weighted by atomic mass is 10.1. The number of aliphatic hydroxyl groups excluding tert-OH is 1. The Balaban J connectivity index is 1.86. The van der Waals surface area contributed by atoms with E-state index in [-0.39, 0.29) is 11.5 Å². The van der Waals surface area contributed by atoms with Gasteiger partial charge in [-0.05, 0) is 35.0 Å². The molecule has 0 radical (unpaired) electrons. The molecule has 1 aliphatic rings. The van der Waals surface area contributed by atoms with E-state index in [4.69, 9.17) is 4.74 Å².